The van der Waals surface area contributed by atoms with Crippen LogP contribution in [-0.2, 0) is 11.3 Å². The van der Waals surface area contributed by atoms with Gasteiger partial charge in [-0.3, -0.25) is 0 Å². The van der Waals surface area contributed by atoms with Crippen molar-refractivity contribution in [2.75, 3.05) is 6.79 Å². The van der Waals surface area contributed by atoms with Gasteiger partial charge in [0.2, 0.25) is 0 Å². The van der Waals surface area contributed by atoms with Crippen LogP contribution in [0.15, 0.2) is 16.6 Å². The Morgan fingerprint density at radius 3 is 3.08 bits per heavy atom. The van der Waals surface area contributed by atoms with Crippen LogP contribution in [0.5, 0.6) is 5.75 Å². The van der Waals surface area contributed by atoms with Crippen molar-refractivity contribution in [3.63, 3.8) is 0 Å². The number of nitrogens with zero attached hydrogens (tertiary/aromatic N) is 1. The normalized spacial score (nSPS) is 14.2. The van der Waals surface area contributed by atoms with Crippen LogP contribution in [0.2, 0.25) is 0 Å². The lowest BCUT2D eigenvalue weighted by molar-refractivity contribution is -0.0166. The summed E-state index contributed by atoms with van der Waals surface area (Å²) in [6.45, 7) is 0.732. The maximum Gasteiger partial charge on any atom is 0.189 e. The fraction of sp³-hybridized carbons (Fsp3) is 0.222. The van der Waals surface area contributed by atoms with E-state index in [1.807, 2.05) is 12.1 Å². The monoisotopic (exact) mass is 239 g/mol. The molecule has 0 saturated carbocycles. The zero-order valence-electron chi connectivity index (χ0n) is 6.71. The molecule has 3 nitrogen and oxygen atoms in total. The average molecular weight is 240 g/mol. The Morgan fingerprint density at radius 2 is 2.31 bits per heavy atom. The highest BCUT2D eigenvalue weighted by atomic mass is 79.9. The molecule has 0 radical (unpaired) electrons. The number of hydrogen-bond acceptors (Lipinski definition) is 3. The molecule has 1 aliphatic rings. The smallest absolute Gasteiger partial charge is 0.189 e. The Balaban J connectivity index is 2.60. The quantitative estimate of drug-likeness (QED) is 0.697. The SMILES string of the molecule is N#Cc1c(Br)ccc2c1OCOC2. The molecule has 0 spiro atoms. The number of halogens is 1. The van der Waals surface area contributed by atoms with Gasteiger partial charge in [-0.05, 0) is 22.0 Å². The summed E-state index contributed by atoms with van der Waals surface area (Å²) in [6.07, 6.45) is 0. The molecule has 0 saturated heterocycles. The van der Waals surface area contributed by atoms with Gasteiger partial charge in [-0.15, -0.1) is 0 Å². The maximum absolute atomic E-state index is 8.87. The van der Waals surface area contributed by atoms with E-state index in [1.165, 1.54) is 0 Å². The van der Waals surface area contributed by atoms with Crippen molar-refractivity contribution in [2.24, 2.45) is 0 Å². The number of nitriles is 1. The summed E-state index contributed by atoms with van der Waals surface area (Å²) in [7, 11) is 0. The number of rotatable bonds is 0. The topological polar surface area (TPSA) is 42.2 Å². The average Bonchev–Trinajstić information content (AvgIpc) is 2.18. The molecule has 0 atom stereocenters. The molecule has 0 unspecified atom stereocenters. The lowest BCUT2D eigenvalue weighted by Crippen LogP contribution is -2.12. The van der Waals surface area contributed by atoms with Crippen LogP contribution in [0.25, 0.3) is 0 Å². The van der Waals surface area contributed by atoms with Crippen LogP contribution < -0.4 is 4.74 Å². The highest BCUT2D eigenvalue weighted by Crippen LogP contribution is 2.32. The van der Waals surface area contributed by atoms with Gasteiger partial charge < -0.3 is 9.47 Å². The van der Waals surface area contributed by atoms with E-state index in [9.17, 15) is 0 Å². The zero-order chi connectivity index (χ0) is 9.26. The predicted molar refractivity (Wildman–Crippen MR) is 49.1 cm³/mol. The summed E-state index contributed by atoms with van der Waals surface area (Å²) in [5.41, 5.74) is 1.46. The maximum atomic E-state index is 8.87. The first-order valence-corrected chi connectivity index (χ1v) is 4.54. The largest absolute Gasteiger partial charge is 0.466 e. The minimum absolute atomic E-state index is 0.220. The summed E-state index contributed by atoms with van der Waals surface area (Å²) in [4.78, 5) is 0. The molecule has 4 heteroatoms. The molecule has 1 aromatic carbocycles. The van der Waals surface area contributed by atoms with Gasteiger partial charge >= 0.3 is 0 Å². The van der Waals surface area contributed by atoms with E-state index in [2.05, 4.69) is 22.0 Å². The standard InChI is InChI=1S/C9H6BrNO2/c10-8-2-1-6-4-12-5-13-9(6)7(8)3-11/h1-2H,4-5H2. The Kier molecular flexibility index (Phi) is 2.21. The van der Waals surface area contributed by atoms with Crippen LogP contribution in [0.3, 0.4) is 0 Å². The van der Waals surface area contributed by atoms with Crippen molar-refractivity contribution < 1.29 is 9.47 Å². The van der Waals surface area contributed by atoms with Crippen LogP contribution in [-0.4, -0.2) is 6.79 Å². The highest BCUT2D eigenvalue weighted by Gasteiger charge is 2.16. The zero-order valence-corrected chi connectivity index (χ0v) is 8.30. The summed E-state index contributed by atoms with van der Waals surface area (Å²) >= 11 is 3.29. The van der Waals surface area contributed by atoms with E-state index in [-0.39, 0.29) is 6.79 Å². The summed E-state index contributed by atoms with van der Waals surface area (Å²) in [5, 5.41) is 8.87. The molecule has 1 aliphatic heterocycles. The summed E-state index contributed by atoms with van der Waals surface area (Å²) in [5.74, 6) is 0.642. The second-order valence-corrected chi connectivity index (χ2v) is 3.49. The van der Waals surface area contributed by atoms with Crippen molar-refractivity contribution in [2.45, 2.75) is 6.61 Å². The Labute approximate surface area is 84.0 Å². The molecule has 0 aromatic heterocycles. The molecule has 0 fully saturated rings. The third-order valence-corrected chi connectivity index (χ3v) is 2.51. The van der Waals surface area contributed by atoms with Crippen molar-refractivity contribution in [1.82, 2.24) is 0 Å². The second-order valence-electron chi connectivity index (χ2n) is 2.63. The number of ether oxygens (including phenoxy) is 2. The van der Waals surface area contributed by atoms with Crippen molar-refractivity contribution in [1.29, 1.82) is 5.26 Å². The molecule has 0 bridgehead atoms. The van der Waals surface area contributed by atoms with Crippen molar-refractivity contribution in [3.8, 4) is 11.8 Å². The number of benzene rings is 1. The molecular formula is C9H6BrNO2. The minimum Gasteiger partial charge on any atom is -0.466 e. The van der Waals surface area contributed by atoms with Gasteiger partial charge in [0.15, 0.2) is 6.79 Å². The van der Waals surface area contributed by atoms with Crippen LogP contribution in [0.4, 0.5) is 0 Å². The first-order valence-electron chi connectivity index (χ1n) is 3.75. The molecule has 13 heavy (non-hydrogen) atoms. The van der Waals surface area contributed by atoms with Crippen molar-refractivity contribution >= 4 is 15.9 Å². The fourth-order valence-electron chi connectivity index (χ4n) is 1.24. The highest BCUT2D eigenvalue weighted by molar-refractivity contribution is 9.10. The number of fused-ring (bicyclic) bond motifs is 1. The molecule has 1 heterocycles. The Morgan fingerprint density at radius 1 is 1.46 bits per heavy atom. The molecule has 0 aliphatic carbocycles. The molecule has 66 valence electrons. The van der Waals surface area contributed by atoms with E-state index in [4.69, 9.17) is 14.7 Å². The van der Waals surface area contributed by atoms with Crippen molar-refractivity contribution in [3.05, 3.63) is 27.7 Å². The molecule has 0 amide bonds. The first kappa shape index (κ1) is 8.54. The van der Waals surface area contributed by atoms with E-state index < -0.39 is 0 Å². The van der Waals surface area contributed by atoms with Gasteiger partial charge in [0.25, 0.3) is 0 Å². The number of hydrogen-bond donors (Lipinski definition) is 0. The van der Waals surface area contributed by atoms with Gasteiger partial charge in [0.05, 0.1) is 6.61 Å². The van der Waals surface area contributed by atoms with Gasteiger partial charge in [-0.2, -0.15) is 5.26 Å². The minimum atomic E-state index is 0.220. The van der Waals surface area contributed by atoms with E-state index in [1.54, 1.807) is 0 Å². The molecule has 1 aromatic rings. The first-order chi connectivity index (χ1) is 6.33. The molecule has 0 N–H and O–H groups in total. The molecular weight excluding hydrogens is 234 g/mol. The van der Waals surface area contributed by atoms with Gasteiger partial charge in [0.1, 0.15) is 17.4 Å². The third-order valence-electron chi connectivity index (χ3n) is 1.84. The Bertz CT molecular complexity index is 384. The lowest BCUT2D eigenvalue weighted by Gasteiger charge is -2.18. The van der Waals surface area contributed by atoms with Crippen LogP contribution in [0.1, 0.15) is 11.1 Å². The van der Waals surface area contributed by atoms with E-state index in [0.29, 0.717) is 17.9 Å². The van der Waals surface area contributed by atoms with E-state index in [0.717, 1.165) is 10.0 Å². The Hall–Kier alpha value is -1.05. The van der Waals surface area contributed by atoms with Gasteiger partial charge in [-0.1, -0.05) is 6.07 Å². The predicted octanol–water partition coefficient (Wildman–Crippen LogP) is 2.19. The second kappa shape index (κ2) is 3.36. The summed E-state index contributed by atoms with van der Waals surface area (Å²) in [6, 6.07) is 5.81. The van der Waals surface area contributed by atoms with Crippen LogP contribution in [0, 0.1) is 11.3 Å². The molecule has 2 rings (SSSR count). The fourth-order valence-corrected chi connectivity index (χ4v) is 1.64. The van der Waals surface area contributed by atoms with Crippen LogP contribution >= 0.6 is 15.9 Å². The van der Waals surface area contributed by atoms with E-state index >= 15 is 0 Å². The third kappa shape index (κ3) is 1.41. The lowest BCUT2D eigenvalue weighted by atomic mass is 10.1. The van der Waals surface area contributed by atoms with Gasteiger partial charge in [0, 0.05) is 10.0 Å². The van der Waals surface area contributed by atoms with Gasteiger partial charge in [-0.25, -0.2) is 0 Å². The summed E-state index contributed by atoms with van der Waals surface area (Å²) < 4.78 is 11.1.